The maximum Gasteiger partial charge on any atom is 0.307 e. The third kappa shape index (κ3) is 2.90. The molecule has 0 aliphatic heterocycles. The van der Waals surface area contributed by atoms with Crippen LogP contribution in [0.2, 0.25) is 0 Å². The Balaban J connectivity index is 2.14. The number of hydrogen-bond acceptors (Lipinski definition) is 3. The number of carbonyl (C=O) groups excluding carboxylic acids is 1. The average Bonchev–Trinajstić information content (AvgIpc) is 2.81. The lowest BCUT2D eigenvalue weighted by Gasteiger charge is -2.04. The van der Waals surface area contributed by atoms with Gasteiger partial charge in [0.25, 0.3) is 0 Å². The molecule has 4 heteroatoms. The summed E-state index contributed by atoms with van der Waals surface area (Å²) in [6.07, 6.45) is 3.81. The van der Waals surface area contributed by atoms with Crippen LogP contribution in [0.1, 0.15) is 42.8 Å². The van der Waals surface area contributed by atoms with Gasteiger partial charge in [-0.25, -0.2) is 5.43 Å². The fraction of sp³-hybridized carbons (Fsp3) is 0.375. The Morgan fingerprint density at radius 3 is 2.70 bits per heavy atom. The normalized spacial score (nSPS) is 11.6. The molecule has 0 fully saturated rings. The predicted molar refractivity (Wildman–Crippen MR) is 81.0 cm³/mol. The smallest absolute Gasteiger partial charge is 0.307 e. The van der Waals surface area contributed by atoms with E-state index in [2.05, 4.69) is 24.4 Å². The fourth-order valence-corrected chi connectivity index (χ4v) is 2.14. The summed E-state index contributed by atoms with van der Waals surface area (Å²) in [5.74, 6) is 0.417. The van der Waals surface area contributed by atoms with E-state index in [1.54, 1.807) is 6.21 Å². The summed E-state index contributed by atoms with van der Waals surface area (Å²) >= 11 is 0. The third-order valence-electron chi connectivity index (χ3n) is 3.55. The molecule has 0 aliphatic carbocycles. The zero-order valence-corrected chi connectivity index (χ0v) is 12.1. The van der Waals surface area contributed by atoms with E-state index in [-0.39, 0.29) is 5.91 Å². The molecule has 106 valence electrons. The highest BCUT2D eigenvalue weighted by molar-refractivity contribution is 5.98. The van der Waals surface area contributed by atoms with Crippen LogP contribution in [0, 0.1) is 12.8 Å². The predicted octanol–water partition coefficient (Wildman–Crippen LogP) is 3.89. The Bertz CT molecular complexity index is 624. The van der Waals surface area contributed by atoms with Crippen LogP contribution in [0.25, 0.3) is 11.0 Å². The van der Waals surface area contributed by atoms with E-state index in [9.17, 15) is 4.79 Å². The third-order valence-corrected chi connectivity index (χ3v) is 3.55. The van der Waals surface area contributed by atoms with Gasteiger partial charge in [-0.1, -0.05) is 32.0 Å². The summed E-state index contributed by atoms with van der Waals surface area (Å²) in [4.78, 5) is 12.1. The van der Waals surface area contributed by atoms with Gasteiger partial charge < -0.3 is 4.42 Å². The lowest BCUT2D eigenvalue weighted by molar-refractivity contribution is 0.0928. The molecule has 0 spiro atoms. The van der Waals surface area contributed by atoms with Gasteiger partial charge in [0.05, 0.1) is 0 Å². The summed E-state index contributed by atoms with van der Waals surface area (Å²) in [7, 11) is 0. The molecule has 2 aromatic rings. The molecule has 0 aliphatic rings. The molecule has 0 bridgehead atoms. The molecule has 20 heavy (non-hydrogen) atoms. The minimum absolute atomic E-state index is 0.305. The molecule has 0 saturated heterocycles. The van der Waals surface area contributed by atoms with E-state index >= 15 is 0 Å². The van der Waals surface area contributed by atoms with Crippen LogP contribution in [0.3, 0.4) is 0 Å². The summed E-state index contributed by atoms with van der Waals surface area (Å²) in [6, 6.07) is 7.61. The van der Waals surface area contributed by atoms with Gasteiger partial charge in [0.1, 0.15) is 5.58 Å². The molecule has 1 amide bonds. The topological polar surface area (TPSA) is 54.6 Å². The summed E-state index contributed by atoms with van der Waals surface area (Å²) in [6.45, 7) is 6.09. The van der Waals surface area contributed by atoms with E-state index < -0.39 is 0 Å². The molecule has 2 rings (SSSR count). The quantitative estimate of drug-likeness (QED) is 0.663. The van der Waals surface area contributed by atoms with E-state index in [1.165, 1.54) is 0 Å². The average molecular weight is 272 g/mol. The number of nitrogens with zero attached hydrogens (tertiary/aromatic N) is 1. The molecular weight excluding hydrogens is 252 g/mol. The van der Waals surface area contributed by atoms with Crippen molar-refractivity contribution in [3.63, 3.8) is 0 Å². The molecule has 1 aromatic carbocycles. The number of hydrazone groups is 1. The van der Waals surface area contributed by atoms with Crippen molar-refractivity contribution in [2.75, 3.05) is 0 Å². The minimum Gasteiger partial charge on any atom is -0.451 e. The number of amides is 1. The second kappa shape index (κ2) is 6.37. The van der Waals surface area contributed by atoms with Crippen molar-refractivity contribution in [1.29, 1.82) is 0 Å². The van der Waals surface area contributed by atoms with E-state index in [0.29, 0.717) is 11.7 Å². The molecule has 4 nitrogen and oxygen atoms in total. The van der Waals surface area contributed by atoms with Gasteiger partial charge in [-0.15, -0.1) is 0 Å². The second-order valence-corrected chi connectivity index (χ2v) is 4.85. The molecule has 1 aromatic heterocycles. The SMILES string of the molecule is CCC(/C=N\NC(=O)c1oc2ccccc2c1C)CC. The summed E-state index contributed by atoms with van der Waals surface area (Å²) in [5.41, 5.74) is 4.10. The molecule has 1 heterocycles. The first-order valence-electron chi connectivity index (χ1n) is 6.99. The first kappa shape index (κ1) is 14.3. The highest BCUT2D eigenvalue weighted by Crippen LogP contribution is 2.24. The number of furan rings is 1. The zero-order valence-electron chi connectivity index (χ0n) is 12.1. The van der Waals surface area contributed by atoms with Gasteiger partial charge >= 0.3 is 5.91 Å². The van der Waals surface area contributed by atoms with Crippen LogP contribution in [-0.2, 0) is 0 Å². The van der Waals surface area contributed by atoms with Gasteiger partial charge in [-0.05, 0) is 31.7 Å². The summed E-state index contributed by atoms with van der Waals surface area (Å²) in [5, 5.41) is 4.98. The molecule has 0 radical (unpaired) electrons. The van der Waals surface area contributed by atoms with E-state index in [4.69, 9.17) is 4.42 Å². The minimum atomic E-state index is -0.305. The number of nitrogens with one attached hydrogen (secondary N) is 1. The van der Waals surface area contributed by atoms with Gasteiger partial charge in [0.2, 0.25) is 0 Å². The monoisotopic (exact) mass is 272 g/mol. The number of carbonyl (C=O) groups is 1. The van der Waals surface area contributed by atoms with E-state index in [1.807, 2.05) is 31.2 Å². The highest BCUT2D eigenvalue weighted by atomic mass is 16.3. The zero-order chi connectivity index (χ0) is 14.5. The molecule has 0 unspecified atom stereocenters. The van der Waals surface area contributed by atoms with Crippen molar-refractivity contribution in [1.82, 2.24) is 5.43 Å². The number of rotatable bonds is 5. The standard InChI is InChI=1S/C16H20N2O2/c1-4-12(5-2)10-17-18-16(19)15-11(3)13-8-6-7-9-14(13)20-15/h6-10,12H,4-5H2,1-3H3,(H,18,19)/b17-10-. The van der Waals surface area contributed by atoms with Crippen molar-refractivity contribution in [2.24, 2.45) is 11.0 Å². The van der Waals surface area contributed by atoms with Crippen molar-refractivity contribution < 1.29 is 9.21 Å². The van der Waals surface area contributed by atoms with Crippen LogP contribution in [0.4, 0.5) is 0 Å². The highest BCUT2D eigenvalue weighted by Gasteiger charge is 2.16. The Hall–Kier alpha value is -2.10. The number of hydrogen-bond donors (Lipinski definition) is 1. The van der Waals surface area contributed by atoms with Crippen molar-refractivity contribution in [3.05, 3.63) is 35.6 Å². The van der Waals surface area contributed by atoms with Crippen LogP contribution < -0.4 is 5.43 Å². The Kier molecular flexibility index (Phi) is 4.56. The van der Waals surface area contributed by atoms with Gasteiger partial charge in [-0.3, -0.25) is 4.79 Å². The molecule has 0 saturated carbocycles. The van der Waals surface area contributed by atoms with Crippen LogP contribution >= 0.6 is 0 Å². The number of fused-ring (bicyclic) bond motifs is 1. The van der Waals surface area contributed by atoms with E-state index in [0.717, 1.165) is 29.4 Å². The molecule has 0 atom stereocenters. The Morgan fingerprint density at radius 1 is 1.35 bits per heavy atom. The maximum atomic E-state index is 12.1. The van der Waals surface area contributed by atoms with Crippen molar-refractivity contribution in [3.8, 4) is 0 Å². The largest absolute Gasteiger partial charge is 0.451 e. The maximum absolute atomic E-state index is 12.1. The molecular formula is C16H20N2O2. The number of para-hydroxylation sites is 1. The Morgan fingerprint density at radius 2 is 2.05 bits per heavy atom. The fourth-order valence-electron chi connectivity index (χ4n) is 2.14. The molecule has 1 N–H and O–H groups in total. The van der Waals surface area contributed by atoms with Crippen molar-refractivity contribution in [2.45, 2.75) is 33.6 Å². The first-order chi connectivity index (χ1) is 9.67. The second-order valence-electron chi connectivity index (χ2n) is 4.85. The lowest BCUT2D eigenvalue weighted by atomic mass is 10.1. The number of aryl methyl sites for hydroxylation is 1. The lowest BCUT2D eigenvalue weighted by Crippen LogP contribution is -2.18. The Labute approximate surface area is 118 Å². The summed E-state index contributed by atoms with van der Waals surface area (Å²) < 4.78 is 5.58. The van der Waals surface area contributed by atoms with Gasteiger partial charge in [-0.2, -0.15) is 5.10 Å². The van der Waals surface area contributed by atoms with Gasteiger partial charge in [0.15, 0.2) is 5.76 Å². The van der Waals surface area contributed by atoms with Crippen LogP contribution in [0.5, 0.6) is 0 Å². The van der Waals surface area contributed by atoms with Gasteiger partial charge in [0, 0.05) is 17.2 Å². The first-order valence-corrected chi connectivity index (χ1v) is 6.99. The number of benzene rings is 1. The van der Waals surface area contributed by atoms with Crippen molar-refractivity contribution >= 4 is 23.1 Å². The van der Waals surface area contributed by atoms with Crippen LogP contribution in [0.15, 0.2) is 33.8 Å². The van der Waals surface area contributed by atoms with Crippen LogP contribution in [-0.4, -0.2) is 12.1 Å².